The quantitative estimate of drug-likeness (QED) is 0.944. The average molecular weight is 308 g/mol. The highest BCUT2D eigenvalue weighted by atomic mass is 35.5. The fraction of sp³-hybridized carbons (Fsp3) is 0.333. The lowest BCUT2D eigenvalue weighted by atomic mass is 9.93. The minimum absolute atomic E-state index is 0.209. The Hall–Kier alpha value is -1.88. The fourth-order valence-electron chi connectivity index (χ4n) is 2.23. The second kappa shape index (κ2) is 5.85. The van der Waals surface area contributed by atoms with Gasteiger partial charge >= 0.3 is 0 Å². The van der Waals surface area contributed by atoms with Crippen LogP contribution in [-0.4, -0.2) is 15.8 Å². The van der Waals surface area contributed by atoms with Crippen molar-refractivity contribution >= 4 is 17.3 Å². The normalized spacial score (nSPS) is 14.8. The van der Waals surface area contributed by atoms with E-state index in [2.05, 4.69) is 10.4 Å². The zero-order valence-corrected chi connectivity index (χ0v) is 12.1. The maximum Gasteiger partial charge on any atom is 0.269 e. The molecule has 0 spiro atoms. The van der Waals surface area contributed by atoms with Gasteiger partial charge in [0.25, 0.3) is 5.56 Å². The Morgan fingerprint density at radius 3 is 2.81 bits per heavy atom. The molecule has 1 aromatic heterocycles. The highest BCUT2D eigenvalue weighted by molar-refractivity contribution is 6.31. The van der Waals surface area contributed by atoms with Crippen molar-refractivity contribution in [1.82, 2.24) is 9.78 Å². The van der Waals surface area contributed by atoms with Crippen molar-refractivity contribution in [2.45, 2.75) is 31.8 Å². The van der Waals surface area contributed by atoms with E-state index in [9.17, 15) is 9.18 Å². The topological polar surface area (TPSA) is 46.9 Å². The van der Waals surface area contributed by atoms with Crippen molar-refractivity contribution < 1.29 is 4.39 Å². The Morgan fingerprint density at radius 1 is 1.38 bits per heavy atom. The summed E-state index contributed by atoms with van der Waals surface area (Å²) in [6, 6.07) is 6.09. The van der Waals surface area contributed by atoms with Crippen molar-refractivity contribution in [3.63, 3.8) is 0 Å². The summed E-state index contributed by atoms with van der Waals surface area (Å²) in [5.74, 6) is -0.399. The minimum Gasteiger partial charge on any atom is -0.381 e. The van der Waals surface area contributed by atoms with E-state index in [-0.39, 0.29) is 12.1 Å². The fourth-order valence-corrected chi connectivity index (χ4v) is 2.46. The van der Waals surface area contributed by atoms with E-state index in [0.717, 1.165) is 18.5 Å². The molecule has 0 saturated heterocycles. The second-order valence-electron chi connectivity index (χ2n) is 5.25. The first-order valence-corrected chi connectivity index (χ1v) is 7.27. The molecule has 0 aliphatic heterocycles. The number of aromatic nitrogens is 2. The molecule has 0 atom stereocenters. The van der Waals surface area contributed by atoms with Crippen LogP contribution in [0.15, 0.2) is 35.3 Å². The Balaban J connectivity index is 1.77. The van der Waals surface area contributed by atoms with Crippen molar-refractivity contribution in [3.05, 3.63) is 57.2 Å². The third kappa shape index (κ3) is 3.24. The maximum atomic E-state index is 13.0. The molecular weight excluding hydrogens is 293 g/mol. The molecule has 2 aromatic rings. The van der Waals surface area contributed by atoms with E-state index in [1.807, 2.05) is 0 Å². The minimum atomic E-state index is -0.399. The van der Waals surface area contributed by atoms with Crippen LogP contribution in [0, 0.1) is 5.82 Å². The van der Waals surface area contributed by atoms with Gasteiger partial charge in [-0.2, -0.15) is 5.10 Å². The summed E-state index contributed by atoms with van der Waals surface area (Å²) in [7, 11) is 0. The third-order valence-electron chi connectivity index (χ3n) is 3.68. The van der Waals surface area contributed by atoms with Crippen molar-refractivity contribution in [3.8, 4) is 0 Å². The highest BCUT2D eigenvalue weighted by Gasteiger charge is 2.17. The first-order chi connectivity index (χ1) is 10.1. The van der Waals surface area contributed by atoms with Crippen LogP contribution in [0.5, 0.6) is 0 Å². The van der Waals surface area contributed by atoms with E-state index in [0.29, 0.717) is 16.6 Å². The first kappa shape index (κ1) is 14.1. The van der Waals surface area contributed by atoms with Crippen LogP contribution in [0.4, 0.5) is 10.1 Å². The van der Waals surface area contributed by atoms with Gasteiger partial charge in [-0.3, -0.25) is 4.79 Å². The monoisotopic (exact) mass is 307 g/mol. The summed E-state index contributed by atoms with van der Waals surface area (Å²) >= 11 is 5.96. The van der Waals surface area contributed by atoms with E-state index in [4.69, 9.17) is 11.6 Å². The predicted molar refractivity (Wildman–Crippen MR) is 80.3 cm³/mol. The van der Waals surface area contributed by atoms with Gasteiger partial charge in [0.2, 0.25) is 0 Å². The van der Waals surface area contributed by atoms with E-state index in [1.54, 1.807) is 12.3 Å². The molecule has 1 aromatic carbocycles. The summed E-state index contributed by atoms with van der Waals surface area (Å²) in [4.78, 5) is 12.1. The number of nitrogens with one attached hydrogen (secondary N) is 1. The van der Waals surface area contributed by atoms with E-state index in [1.165, 1.54) is 29.3 Å². The average Bonchev–Trinajstić information content (AvgIpc) is 2.39. The van der Waals surface area contributed by atoms with Crippen molar-refractivity contribution in [2.75, 3.05) is 5.32 Å². The van der Waals surface area contributed by atoms with Crippen LogP contribution in [0.2, 0.25) is 5.02 Å². The van der Waals surface area contributed by atoms with Gasteiger partial charge in [-0.25, -0.2) is 9.07 Å². The molecule has 1 aliphatic carbocycles. The third-order valence-corrected chi connectivity index (χ3v) is 4.03. The SMILES string of the molecule is O=c1cc(NC2CCC2)cnn1Cc1ccc(F)cc1Cl. The Morgan fingerprint density at radius 2 is 2.19 bits per heavy atom. The second-order valence-corrected chi connectivity index (χ2v) is 5.66. The van der Waals surface area contributed by atoms with Gasteiger partial charge in [-0.05, 0) is 37.0 Å². The summed E-state index contributed by atoms with van der Waals surface area (Å²) in [6.07, 6.45) is 5.13. The van der Waals surface area contributed by atoms with Gasteiger partial charge in [-0.15, -0.1) is 0 Å². The molecule has 3 rings (SSSR count). The number of benzene rings is 1. The van der Waals surface area contributed by atoms with Crippen LogP contribution >= 0.6 is 11.6 Å². The lowest BCUT2D eigenvalue weighted by Crippen LogP contribution is -2.29. The molecule has 4 nitrogen and oxygen atoms in total. The molecule has 0 bridgehead atoms. The predicted octanol–water partition coefficient (Wildman–Crippen LogP) is 3.05. The van der Waals surface area contributed by atoms with Crippen molar-refractivity contribution in [1.29, 1.82) is 0 Å². The summed E-state index contributed by atoms with van der Waals surface area (Å²) in [5.41, 5.74) is 1.19. The molecule has 0 amide bonds. The van der Waals surface area contributed by atoms with Gasteiger partial charge in [0.15, 0.2) is 0 Å². The summed E-state index contributed by atoms with van der Waals surface area (Å²) in [6.45, 7) is 0.224. The van der Waals surface area contributed by atoms with Gasteiger partial charge in [-0.1, -0.05) is 17.7 Å². The molecule has 110 valence electrons. The van der Waals surface area contributed by atoms with Gasteiger partial charge < -0.3 is 5.32 Å². The molecule has 1 N–H and O–H groups in total. The Bertz CT molecular complexity index is 712. The number of rotatable bonds is 4. The van der Waals surface area contributed by atoms with Crippen LogP contribution in [0.3, 0.4) is 0 Å². The molecule has 0 radical (unpaired) electrons. The maximum absolute atomic E-state index is 13.0. The van der Waals surface area contributed by atoms with Crippen molar-refractivity contribution in [2.24, 2.45) is 0 Å². The molecule has 6 heteroatoms. The van der Waals surface area contributed by atoms with Crippen LogP contribution in [-0.2, 0) is 6.54 Å². The zero-order chi connectivity index (χ0) is 14.8. The van der Waals surface area contributed by atoms with E-state index >= 15 is 0 Å². The Labute approximate surface area is 126 Å². The molecule has 1 saturated carbocycles. The number of hydrogen-bond acceptors (Lipinski definition) is 3. The summed E-state index contributed by atoms with van der Waals surface area (Å²) in [5, 5.41) is 7.71. The number of anilines is 1. The number of nitrogens with zero attached hydrogens (tertiary/aromatic N) is 2. The largest absolute Gasteiger partial charge is 0.381 e. The highest BCUT2D eigenvalue weighted by Crippen LogP contribution is 2.22. The van der Waals surface area contributed by atoms with Crippen LogP contribution in [0.25, 0.3) is 0 Å². The molecule has 1 aliphatic rings. The summed E-state index contributed by atoms with van der Waals surface area (Å²) < 4.78 is 14.3. The van der Waals surface area contributed by atoms with Crippen LogP contribution in [0.1, 0.15) is 24.8 Å². The van der Waals surface area contributed by atoms with Gasteiger partial charge in [0, 0.05) is 17.1 Å². The molecule has 1 fully saturated rings. The van der Waals surface area contributed by atoms with Crippen LogP contribution < -0.4 is 10.9 Å². The van der Waals surface area contributed by atoms with E-state index < -0.39 is 5.82 Å². The number of hydrogen-bond donors (Lipinski definition) is 1. The smallest absolute Gasteiger partial charge is 0.269 e. The number of halogens is 2. The molecule has 1 heterocycles. The standard InChI is InChI=1S/C15H15ClFN3O/c16-14-6-11(17)5-4-10(14)9-20-15(21)7-13(8-18-20)19-12-2-1-3-12/h4-8,12,19H,1-3,9H2. The zero-order valence-electron chi connectivity index (χ0n) is 11.4. The lowest BCUT2D eigenvalue weighted by molar-refractivity contribution is 0.445. The Kier molecular flexibility index (Phi) is 3.92. The van der Waals surface area contributed by atoms with Gasteiger partial charge in [0.1, 0.15) is 5.82 Å². The molecule has 21 heavy (non-hydrogen) atoms. The lowest BCUT2D eigenvalue weighted by Gasteiger charge is -2.27. The molecule has 0 unspecified atom stereocenters. The first-order valence-electron chi connectivity index (χ1n) is 6.89. The molecular formula is C15H15ClFN3O. The van der Waals surface area contributed by atoms with Gasteiger partial charge in [0.05, 0.1) is 18.4 Å².